The number of amides is 1. The molecule has 21 heavy (non-hydrogen) atoms. The van der Waals surface area contributed by atoms with Gasteiger partial charge in [-0.05, 0) is 49.6 Å². The number of nitrogens with two attached hydrogens (primary N) is 1. The zero-order valence-corrected chi connectivity index (χ0v) is 12.1. The summed E-state index contributed by atoms with van der Waals surface area (Å²) in [5.41, 5.74) is 7.69. The highest BCUT2D eigenvalue weighted by molar-refractivity contribution is 5.92. The third kappa shape index (κ3) is 3.42. The largest absolute Gasteiger partial charge is 0.399 e. The Morgan fingerprint density at radius 3 is 2.76 bits per heavy atom. The van der Waals surface area contributed by atoms with Gasteiger partial charge in [-0.2, -0.15) is 5.10 Å². The van der Waals surface area contributed by atoms with Crippen molar-refractivity contribution in [3.05, 3.63) is 42.2 Å². The monoisotopic (exact) mass is 284 g/mol. The van der Waals surface area contributed by atoms with E-state index in [-0.39, 0.29) is 11.9 Å². The topological polar surface area (TPSA) is 72.9 Å². The van der Waals surface area contributed by atoms with Gasteiger partial charge in [0.2, 0.25) is 0 Å². The van der Waals surface area contributed by atoms with Gasteiger partial charge in [0.25, 0.3) is 5.91 Å². The van der Waals surface area contributed by atoms with Gasteiger partial charge in [-0.15, -0.1) is 0 Å². The zero-order valence-electron chi connectivity index (χ0n) is 12.1. The molecule has 1 amide bonds. The van der Waals surface area contributed by atoms with Crippen LogP contribution in [-0.2, 0) is 0 Å². The van der Waals surface area contributed by atoms with Crippen LogP contribution in [0.3, 0.4) is 0 Å². The molecule has 0 spiro atoms. The molecular weight excluding hydrogens is 264 g/mol. The Morgan fingerprint density at radius 1 is 1.38 bits per heavy atom. The van der Waals surface area contributed by atoms with E-state index >= 15 is 0 Å². The van der Waals surface area contributed by atoms with Gasteiger partial charge >= 0.3 is 0 Å². The number of nitrogens with one attached hydrogen (secondary N) is 1. The van der Waals surface area contributed by atoms with E-state index in [4.69, 9.17) is 5.73 Å². The molecule has 110 valence electrons. The second kappa shape index (κ2) is 5.60. The van der Waals surface area contributed by atoms with E-state index in [1.54, 1.807) is 16.9 Å². The maximum atomic E-state index is 12.1. The van der Waals surface area contributed by atoms with E-state index in [0.717, 1.165) is 18.0 Å². The standard InChI is InChI=1S/C16H20N4O/c1-11(10-12-2-3-12)18-16(21)15-8-9-20(19-15)14-6-4-13(17)5-7-14/h4-9,11-12H,2-3,10,17H2,1H3,(H,18,21). The summed E-state index contributed by atoms with van der Waals surface area (Å²) in [5, 5.41) is 7.33. The van der Waals surface area contributed by atoms with Crippen LogP contribution in [0.2, 0.25) is 0 Å². The molecule has 5 nitrogen and oxygen atoms in total. The van der Waals surface area contributed by atoms with Crippen molar-refractivity contribution in [1.82, 2.24) is 15.1 Å². The van der Waals surface area contributed by atoms with E-state index in [9.17, 15) is 4.79 Å². The number of nitrogen functional groups attached to an aromatic ring is 1. The van der Waals surface area contributed by atoms with Crippen molar-refractivity contribution in [2.45, 2.75) is 32.2 Å². The molecule has 1 aromatic heterocycles. The number of carbonyl (C=O) groups is 1. The number of nitrogens with zero attached hydrogens (tertiary/aromatic N) is 2. The molecule has 1 heterocycles. The number of hydrogen-bond donors (Lipinski definition) is 2. The lowest BCUT2D eigenvalue weighted by Gasteiger charge is -2.11. The zero-order chi connectivity index (χ0) is 14.8. The van der Waals surface area contributed by atoms with E-state index < -0.39 is 0 Å². The molecule has 3 rings (SSSR count). The number of hydrogen-bond acceptors (Lipinski definition) is 3. The van der Waals surface area contributed by atoms with Crippen molar-refractivity contribution in [1.29, 1.82) is 0 Å². The molecule has 1 atom stereocenters. The van der Waals surface area contributed by atoms with Crippen molar-refractivity contribution >= 4 is 11.6 Å². The predicted molar refractivity (Wildman–Crippen MR) is 82.2 cm³/mol. The molecule has 1 aliphatic rings. The summed E-state index contributed by atoms with van der Waals surface area (Å²) in [5.74, 6) is 0.685. The van der Waals surface area contributed by atoms with E-state index in [1.807, 2.05) is 31.2 Å². The number of carbonyl (C=O) groups excluding carboxylic acids is 1. The molecule has 1 fully saturated rings. The maximum Gasteiger partial charge on any atom is 0.271 e. The molecule has 5 heteroatoms. The lowest BCUT2D eigenvalue weighted by molar-refractivity contribution is 0.0932. The third-order valence-electron chi connectivity index (χ3n) is 3.74. The second-order valence-electron chi connectivity index (χ2n) is 5.79. The van der Waals surface area contributed by atoms with Crippen LogP contribution in [0.25, 0.3) is 5.69 Å². The van der Waals surface area contributed by atoms with E-state index in [1.165, 1.54) is 12.8 Å². The third-order valence-corrected chi connectivity index (χ3v) is 3.74. The average molecular weight is 284 g/mol. The minimum atomic E-state index is -0.114. The van der Waals surface area contributed by atoms with Gasteiger partial charge in [0, 0.05) is 17.9 Å². The highest BCUT2D eigenvalue weighted by Crippen LogP contribution is 2.33. The fourth-order valence-electron chi connectivity index (χ4n) is 2.43. The van der Waals surface area contributed by atoms with Crippen LogP contribution in [0.5, 0.6) is 0 Å². The van der Waals surface area contributed by atoms with Crippen LogP contribution in [0, 0.1) is 5.92 Å². The minimum absolute atomic E-state index is 0.114. The molecule has 1 saturated carbocycles. The highest BCUT2D eigenvalue weighted by atomic mass is 16.2. The Bertz CT molecular complexity index is 628. The Morgan fingerprint density at radius 2 is 2.10 bits per heavy atom. The predicted octanol–water partition coefficient (Wildman–Crippen LogP) is 2.37. The quantitative estimate of drug-likeness (QED) is 0.828. The summed E-state index contributed by atoms with van der Waals surface area (Å²) in [6, 6.07) is 9.31. The molecule has 0 bridgehead atoms. The normalized spacial score (nSPS) is 15.7. The number of rotatable bonds is 5. The molecule has 1 aromatic carbocycles. The maximum absolute atomic E-state index is 12.1. The number of anilines is 1. The summed E-state index contributed by atoms with van der Waals surface area (Å²) < 4.78 is 1.68. The Hall–Kier alpha value is -2.30. The lowest BCUT2D eigenvalue weighted by atomic mass is 10.1. The van der Waals surface area contributed by atoms with Crippen LogP contribution in [0.15, 0.2) is 36.5 Å². The molecule has 1 unspecified atom stereocenters. The first-order valence-electron chi connectivity index (χ1n) is 7.34. The van der Waals surface area contributed by atoms with Crippen LogP contribution in [0.4, 0.5) is 5.69 Å². The molecular formula is C16H20N4O. The smallest absolute Gasteiger partial charge is 0.271 e. The first-order chi connectivity index (χ1) is 10.1. The van der Waals surface area contributed by atoms with Gasteiger partial charge in [0.15, 0.2) is 5.69 Å². The Labute approximate surface area is 124 Å². The Balaban J connectivity index is 1.65. The number of benzene rings is 1. The highest BCUT2D eigenvalue weighted by Gasteiger charge is 2.24. The van der Waals surface area contributed by atoms with E-state index in [2.05, 4.69) is 10.4 Å². The summed E-state index contributed by atoms with van der Waals surface area (Å²) in [6.07, 6.45) is 5.44. The SMILES string of the molecule is CC(CC1CC1)NC(=O)c1ccn(-c2ccc(N)cc2)n1. The summed E-state index contributed by atoms with van der Waals surface area (Å²) in [4.78, 5) is 12.1. The molecule has 0 aliphatic heterocycles. The van der Waals surface area contributed by atoms with Gasteiger partial charge in [-0.25, -0.2) is 4.68 Å². The summed E-state index contributed by atoms with van der Waals surface area (Å²) >= 11 is 0. The molecule has 2 aromatic rings. The average Bonchev–Trinajstić information content (AvgIpc) is 3.12. The van der Waals surface area contributed by atoms with Gasteiger partial charge in [-0.1, -0.05) is 12.8 Å². The lowest BCUT2D eigenvalue weighted by Crippen LogP contribution is -2.33. The number of aromatic nitrogens is 2. The molecule has 3 N–H and O–H groups in total. The fourth-order valence-corrected chi connectivity index (χ4v) is 2.43. The Kier molecular flexibility index (Phi) is 3.64. The summed E-state index contributed by atoms with van der Waals surface area (Å²) in [6.45, 7) is 2.05. The first-order valence-corrected chi connectivity index (χ1v) is 7.34. The first kappa shape index (κ1) is 13.7. The van der Waals surface area contributed by atoms with Crippen molar-refractivity contribution in [2.24, 2.45) is 5.92 Å². The van der Waals surface area contributed by atoms with Crippen molar-refractivity contribution in [3.63, 3.8) is 0 Å². The van der Waals surface area contributed by atoms with Crippen molar-refractivity contribution < 1.29 is 4.79 Å². The van der Waals surface area contributed by atoms with Crippen LogP contribution >= 0.6 is 0 Å². The van der Waals surface area contributed by atoms with Crippen molar-refractivity contribution in [2.75, 3.05) is 5.73 Å². The van der Waals surface area contributed by atoms with Crippen LogP contribution < -0.4 is 11.1 Å². The van der Waals surface area contributed by atoms with Gasteiger partial charge in [0.1, 0.15) is 0 Å². The summed E-state index contributed by atoms with van der Waals surface area (Å²) in [7, 11) is 0. The van der Waals surface area contributed by atoms with Gasteiger partial charge in [-0.3, -0.25) is 4.79 Å². The minimum Gasteiger partial charge on any atom is -0.399 e. The van der Waals surface area contributed by atoms with Gasteiger partial charge < -0.3 is 11.1 Å². The van der Waals surface area contributed by atoms with Crippen molar-refractivity contribution in [3.8, 4) is 5.69 Å². The van der Waals surface area contributed by atoms with Crippen LogP contribution in [-0.4, -0.2) is 21.7 Å². The molecule has 0 saturated heterocycles. The van der Waals surface area contributed by atoms with Crippen LogP contribution in [0.1, 0.15) is 36.7 Å². The fraction of sp³-hybridized carbons (Fsp3) is 0.375. The molecule has 0 radical (unpaired) electrons. The second-order valence-corrected chi connectivity index (χ2v) is 5.79. The van der Waals surface area contributed by atoms with Gasteiger partial charge in [0.05, 0.1) is 5.69 Å². The van der Waals surface area contributed by atoms with E-state index in [0.29, 0.717) is 11.4 Å². The molecule has 1 aliphatic carbocycles.